The lowest BCUT2D eigenvalue weighted by atomic mass is 9.89. The number of carbonyl (C=O) groups is 1. The number of hydrogen-bond acceptors (Lipinski definition) is 2. The molecule has 0 saturated heterocycles. The van der Waals surface area contributed by atoms with Gasteiger partial charge >= 0.3 is 6.18 Å². The summed E-state index contributed by atoms with van der Waals surface area (Å²) in [5.41, 5.74) is 4.82. The van der Waals surface area contributed by atoms with Crippen LogP contribution in [0.5, 0.6) is 0 Å². The standard InChI is InChI=1S/C15H20F3NO2/c1-7-8(2)10(4)13(11(5)9(7)3)14(21)19-6-12(20)15(16,17)18/h12,20H,6H2,1-5H3,(H,19,21). The summed E-state index contributed by atoms with van der Waals surface area (Å²) in [7, 11) is 0. The van der Waals surface area contributed by atoms with Gasteiger partial charge in [0.15, 0.2) is 6.10 Å². The maximum Gasteiger partial charge on any atom is 0.416 e. The van der Waals surface area contributed by atoms with Crippen LogP contribution >= 0.6 is 0 Å². The zero-order valence-corrected chi connectivity index (χ0v) is 12.8. The third kappa shape index (κ3) is 3.56. The maximum absolute atomic E-state index is 12.2. The number of benzene rings is 1. The lowest BCUT2D eigenvalue weighted by Crippen LogP contribution is -2.41. The lowest BCUT2D eigenvalue weighted by molar-refractivity contribution is -0.201. The van der Waals surface area contributed by atoms with Crippen molar-refractivity contribution in [3.63, 3.8) is 0 Å². The Morgan fingerprint density at radius 2 is 1.38 bits per heavy atom. The van der Waals surface area contributed by atoms with E-state index in [1.165, 1.54) is 0 Å². The molecule has 0 heterocycles. The average molecular weight is 303 g/mol. The molecule has 1 atom stereocenters. The van der Waals surface area contributed by atoms with Crippen molar-refractivity contribution in [3.8, 4) is 0 Å². The Hall–Kier alpha value is -1.56. The van der Waals surface area contributed by atoms with Gasteiger partial charge in [0, 0.05) is 5.56 Å². The third-order valence-corrected chi connectivity index (χ3v) is 4.06. The quantitative estimate of drug-likeness (QED) is 0.902. The van der Waals surface area contributed by atoms with Crippen molar-refractivity contribution in [3.05, 3.63) is 33.4 Å². The summed E-state index contributed by atoms with van der Waals surface area (Å²) >= 11 is 0. The molecule has 0 aliphatic rings. The summed E-state index contributed by atoms with van der Waals surface area (Å²) in [4.78, 5) is 12.1. The number of halogens is 3. The van der Waals surface area contributed by atoms with Crippen molar-refractivity contribution in [1.82, 2.24) is 5.32 Å². The van der Waals surface area contributed by atoms with Gasteiger partial charge in [-0.15, -0.1) is 0 Å². The summed E-state index contributed by atoms with van der Waals surface area (Å²) in [6, 6.07) is 0. The van der Waals surface area contributed by atoms with E-state index >= 15 is 0 Å². The third-order valence-electron chi connectivity index (χ3n) is 4.06. The van der Waals surface area contributed by atoms with Crippen molar-refractivity contribution in [2.24, 2.45) is 0 Å². The molecule has 118 valence electrons. The van der Waals surface area contributed by atoms with E-state index in [1.807, 2.05) is 20.8 Å². The molecule has 1 aromatic rings. The predicted octanol–water partition coefficient (Wildman–Crippen LogP) is 2.88. The molecule has 6 heteroatoms. The molecule has 0 aromatic heterocycles. The first-order valence-electron chi connectivity index (χ1n) is 6.58. The molecule has 3 nitrogen and oxygen atoms in total. The molecule has 1 aromatic carbocycles. The normalized spacial score (nSPS) is 13.2. The second-order valence-corrected chi connectivity index (χ2v) is 5.27. The SMILES string of the molecule is Cc1c(C)c(C)c(C(=O)NCC(O)C(F)(F)F)c(C)c1C. The first kappa shape index (κ1) is 17.5. The highest BCUT2D eigenvalue weighted by molar-refractivity contribution is 5.98. The molecule has 0 fully saturated rings. The summed E-state index contributed by atoms with van der Waals surface area (Å²) in [5, 5.41) is 11.1. The van der Waals surface area contributed by atoms with Crippen LogP contribution in [-0.4, -0.2) is 29.8 Å². The fourth-order valence-electron chi connectivity index (χ4n) is 2.23. The monoisotopic (exact) mass is 303 g/mol. The highest BCUT2D eigenvalue weighted by atomic mass is 19.4. The molecule has 0 bridgehead atoms. The van der Waals surface area contributed by atoms with Gasteiger partial charge in [-0.1, -0.05) is 0 Å². The molecule has 0 spiro atoms. The summed E-state index contributed by atoms with van der Waals surface area (Å²) in [6.45, 7) is 8.37. The van der Waals surface area contributed by atoms with Crippen molar-refractivity contribution in [1.29, 1.82) is 0 Å². The van der Waals surface area contributed by atoms with Gasteiger partial charge in [0.1, 0.15) is 0 Å². The van der Waals surface area contributed by atoms with Crippen molar-refractivity contribution < 1.29 is 23.1 Å². The van der Waals surface area contributed by atoms with Crippen molar-refractivity contribution >= 4 is 5.91 Å². The molecule has 1 unspecified atom stereocenters. The minimum absolute atomic E-state index is 0.380. The Kier molecular flexibility index (Phi) is 5.04. The second kappa shape index (κ2) is 6.05. The minimum atomic E-state index is -4.74. The Balaban J connectivity index is 3.05. The van der Waals surface area contributed by atoms with Crippen LogP contribution in [-0.2, 0) is 0 Å². The first-order valence-corrected chi connectivity index (χ1v) is 6.58. The summed E-state index contributed by atoms with van der Waals surface area (Å²) in [6.07, 6.45) is -7.30. The van der Waals surface area contributed by atoms with Gasteiger partial charge in [0.05, 0.1) is 6.54 Å². The highest BCUT2D eigenvalue weighted by Crippen LogP contribution is 2.26. The Labute approximate surface area is 122 Å². The van der Waals surface area contributed by atoms with Gasteiger partial charge < -0.3 is 10.4 Å². The van der Waals surface area contributed by atoms with Crippen LogP contribution < -0.4 is 5.32 Å². The minimum Gasteiger partial charge on any atom is -0.382 e. The molecule has 1 amide bonds. The molecule has 21 heavy (non-hydrogen) atoms. The number of amides is 1. The number of nitrogens with one attached hydrogen (secondary N) is 1. The second-order valence-electron chi connectivity index (χ2n) is 5.27. The van der Waals surface area contributed by atoms with E-state index < -0.39 is 24.7 Å². The topological polar surface area (TPSA) is 49.3 Å². The maximum atomic E-state index is 12.2. The van der Waals surface area contributed by atoms with E-state index in [0.29, 0.717) is 5.56 Å². The fraction of sp³-hybridized carbons (Fsp3) is 0.533. The molecular weight excluding hydrogens is 283 g/mol. The van der Waals surface area contributed by atoms with E-state index in [0.717, 1.165) is 27.8 Å². The molecule has 0 saturated carbocycles. The first-order chi connectivity index (χ1) is 9.48. The number of aliphatic hydroxyl groups excluding tert-OH is 1. The zero-order valence-electron chi connectivity index (χ0n) is 12.8. The molecule has 0 aliphatic heterocycles. The lowest BCUT2D eigenvalue weighted by Gasteiger charge is -2.19. The molecule has 1 rings (SSSR count). The number of rotatable bonds is 3. The molecule has 2 N–H and O–H groups in total. The van der Waals surface area contributed by atoms with Crippen LogP contribution in [0.15, 0.2) is 0 Å². The van der Waals surface area contributed by atoms with E-state index in [4.69, 9.17) is 5.11 Å². The van der Waals surface area contributed by atoms with Gasteiger partial charge in [-0.3, -0.25) is 4.79 Å². The van der Waals surface area contributed by atoms with Gasteiger partial charge in [-0.25, -0.2) is 0 Å². The number of hydrogen-bond donors (Lipinski definition) is 2. The van der Waals surface area contributed by atoms with Crippen LogP contribution in [0.3, 0.4) is 0 Å². The van der Waals surface area contributed by atoms with Gasteiger partial charge in [0.2, 0.25) is 0 Å². The number of carbonyl (C=O) groups excluding carboxylic acids is 1. The van der Waals surface area contributed by atoms with Crippen molar-refractivity contribution in [2.45, 2.75) is 46.9 Å². The largest absolute Gasteiger partial charge is 0.416 e. The van der Waals surface area contributed by atoms with E-state index in [-0.39, 0.29) is 0 Å². The average Bonchev–Trinajstić information content (AvgIpc) is 2.39. The highest BCUT2D eigenvalue weighted by Gasteiger charge is 2.38. The van der Waals surface area contributed by atoms with Crippen LogP contribution in [0, 0.1) is 34.6 Å². The van der Waals surface area contributed by atoms with Gasteiger partial charge in [-0.05, 0) is 62.4 Å². The predicted molar refractivity (Wildman–Crippen MR) is 74.5 cm³/mol. The van der Waals surface area contributed by atoms with Crippen LogP contribution in [0.25, 0.3) is 0 Å². The van der Waals surface area contributed by atoms with Crippen LogP contribution in [0.4, 0.5) is 13.2 Å². The summed E-state index contributed by atoms with van der Waals surface area (Å²) in [5.74, 6) is -0.598. The van der Waals surface area contributed by atoms with E-state index in [2.05, 4.69) is 5.32 Å². The molecule has 0 radical (unpaired) electrons. The molecular formula is C15H20F3NO2. The van der Waals surface area contributed by atoms with Gasteiger partial charge in [0.25, 0.3) is 5.91 Å². The zero-order chi connectivity index (χ0) is 16.5. The van der Waals surface area contributed by atoms with E-state index in [1.54, 1.807) is 13.8 Å². The van der Waals surface area contributed by atoms with Crippen LogP contribution in [0.1, 0.15) is 38.2 Å². The number of aliphatic hydroxyl groups is 1. The van der Waals surface area contributed by atoms with Crippen molar-refractivity contribution in [2.75, 3.05) is 6.54 Å². The Bertz CT molecular complexity index is 536. The smallest absolute Gasteiger partial charge is 0.382 e. The van der Waals surface area contributed by atoms with E-state index in [9.17, 15) is 18.0 Å². The van der Waals surface area contributed by atoms with Gasteiger partial charge in [-0.2, -0.15) is 13.2 Å². The molecule has 0 aliphatic carbocycles. The fourth-order valence-corrected chi connectivity index (χ4v) is 2.23. The van der Waals surface area contributed by atoms with Crippen LogP contribution in [0.2, 0.25) is 0 Å². The Morgan fingerprint density at radius 1 is 1.00 bits per heavy atom. The Morgan fingerprint density at radius 3 is 1.76 bits per heavy atom. The number of alkyl halides is 3. The summed E-state index contributed by atoms with van der Waals surface area (Å²) < 4.78 is 36.7.